The van der Waals surface area contributed by atoms with E-state index >= 15 is 0 Å². The van der Waals surface area contributed by atoms with Crippen molar-refractivity contribution in [1.82, 2.24) is 5.32 Å². The molecule has 0 saturated carbocycles. The zero-order valence-corrected chi connectivity index (χ0v) is 14.1. The van der Waals surface area contributed by atoms with E-state index in [2.05, 4.69) is 51.2 Å². The molecule has 0 heterocycles. The minimum Gasteiger partial charge on any atom is -0.379 e. The number of hydrogen-bond acceptors (Lipinski definition) is 3. The normalized spacial score (nSPS) is 12.6. The minimum absolute atomic E-state index is 0.255. The smallest absolute Gasteiger partial charge is 0.0701 e. The predicted octanol–water partition coefficient (Wildman–Crippen LogP) is 3.79. The predicted molar refractivity (Wildman–Crippen MR) is 88.9 cm³/mol. The van der Waals surface area contributed by atoms with Crippen molar-refractivity contribution in [3.63, 3.8) is 0 Å². The fourth-order valence-corrected chi connectivity index (χ4v) is 2.17. The third-order valence-electron chi connectivity index (χ3n) is 3.68. The van der Waals surface area contributed by atoms with Gasteiger partial charge in [0.15, 0.2) is 0 Å². The summed E-state index contributed by atoms with van der Waals surface area (Å²) >= 11 is 0. The summed E-state index contributed by atoms with van der Waals surface area (Å²) in [6.07, 6.45) is 2.30. The van der Waals surface area contributed by atoms with Crippen molar-refractivity contribution in [3.8, 4) is 0 Å². The van der Waals surface area contributed by atoms with Crippen molar-refractivity contribution in [2.45, 2.75) is 46.6 Å². The van der Waals surface area contributed by atoms with E-state index in [9.17, 15) is 0 Å². The largest absolute Gasteiger partial charge is 0.379 e. The Labute approximate surface area is 130 Å². The van der Waals surface area contributed by atoms with Gasteiger partial charge in [-0.1, -0.05) is 38.5 Å². The Hall–Kier alpha value is -0.900. The van der Waals surface area contributed by atoms with Crippen LogP contribution in [0.5, 0.6) is 0 Å². The lowest BCUT2D eigenvalue weighted by Gasteiger charge is -2.19. The first kappa shape index (κ1) is 18.1. The van der Waals surface area contributed by atoms with Gasteiger partial charge in [-0.15, -0.1) is 0 Å². The maximum absolute atomic E-state index is 5.77. The average Bonchev–Trinajstić information content (AvgIpc) is 2.48. The number of unbranched alkanes of at least 4 members (excludes halogenated alkanes) is 1. The highest BCUT2D eigenvalue weighted by Crippen LogP contribution is 2.17. The number of aryl methyl sites for hydroxylation is 2. The number of nitrogens with one attached hydrogen (secondary N) is 1. The molecule has 120 valence electrons. The fourth-order valence-electron chi connectivity index (χ4n) is 2.17. The lowest BCUT2D eigenvalue weighted by Crippen LogP contribution is -2.26. The summed E-state index contributed by atoms with van der Waals surface area (Å²) in [5, 5.41) is 3.49. The number of ether oxygens (including phenoxy) is 2. The van der Waals surface area contributed by atoms with Gasteiger partial charge in [0.05, 0.1) is 25.9 Å². The molecule has 1 atom stereocenters. The molecule has 21 heavy (non-hydrogen) atoms. The van der Waals surface area contributed by atoms with Crippen LogP contribution in [0.25, 0.3) is 0 Å². The molecule has 0 aliphatic heterocycles. The van der Waals surface area contributed by atoms with Gasteiger partial charge in [0, 0.05) is 6.61 Å². The maximum atomic E-state index is 5.77. The molecule has 0 bridgehead atoms. The molecule has 1 aromatic rings. The van der Waals surface area contributed by atoms with Crippen LogP contribution in [-0.2, 0) is 9.47 Å². The van der Waals surface area contributed by atoms with Crippen molar-refractivity contribution in [1.29, 1.82) is 0 Å². The lowest BCUT2D eigenvalue weighted by atomic mass is 10.0. The third-order valence-corrected chi connectivity index (χ3v) is 3.68. The van der Waals surface area contributed by atoms with Gasteiger partial charge < -0.3 is 14.8 Å². The average molecular weight is 293 g/mol. The molecule has 0 aliphatic carbocycles. The molecule has 0 spiro atoms. The summed E-state index contributed by atoms with van der Waals surface area (Å²) in [5.74, 6) is 0. The monoisotopic (exact) mass is 293 g/mol. The molecule has 0 aliphatic rings. The number of rotatable bonds is 11. The highest BCUT2D eigenvalue weighted by atomic mass is 16.5. The number of benzene rings is 1. The second-order valence-electron chi connectivity index (χ2n) is 5.49. The molecule has 1 rings (SSSR count). The summed E-state index contributed by atoms with van der Waals surface area (Å²) in [6, 6.07) is 6.88. The molecule has 0 radical (unpaired) electrons. The highest BCUT2D eigenvalue weighted by molar-refractivity contribution is 5.31. The molecule has 0 saturated heterocycles. The second-order valence-corrected chi connectivity index (χ2v) is 5.49. The van der Waals surface area contributed by atoms with Crippen LogP contribution in [0.3, 0.4) is 0 Å². The van der Waals surface area contributed by atoms with Gasteiger partial charge in [-0.05, 0) is 43.5 Å². The van der Waals surface area contributed by atoms with E-state index in [0.29, 0.717) is 19.8 Å². The number of likely N-dealkylation sites (N-methyl/N-ethyl adjacent to an activating group) is 1. The Bertz CT molecular complexity index is 393. The van der Waals surface area contributed by atoms with Crippen molar-refractivity contribution in [2.75, 3.05) is 33.0 Å². The van der Waals surface area contributed by atoms with Crippen LogP contribution >= 0.6 is 0 Å². The van der Waals surface area contributed by atoms with Gasteiger partial charge in [0.2, 0.25) is 0 Å². The molecule has 0 fully saturated rings. The molecule has 3 heteroatoms. The Morgan fingerprint density at radius 3 is 2.43 bits per heavy atom. The fraction of sp³-hybridized carbons (Fsp3) is 0.667. The second kappa shape index (κ2) is 10.8. The van der Waals surface area contributed by atoms with E-state index in [0.717, 1.165) is 19.6 Å². The van der Waals surface area contributed by atoms with Gasteiger partial charge in [0.25, 0.3) is 0 Å². The molecule has 0 aromatic heterocycles. The van der Waals surface area contributed by atoms with Gasteiger partial charge in [-0.25, -0.2) is 0 Å². The summed E-state index contributed by atoms with van der Waals surface area (Å²) in [6.45, 7) is 12.4. The molecule has 1 N–H and O–H groups in total. The van der Waals surface area contributed by atoms with E-state index < -0.39 is 0 Å². The van der Waals surface area contributed by atoms with E-state index in [1.165, 1.54) is 23.1 Å². The van der Waals surface area contributed by atoms with Crippen LogP contribution in [0.4, 0.5) is 0 Å². The van der Waals surface area contributed by atoms with E-state index in [-0.39, 0.29) is 6.04 Å². The van der Waals surface area contributed by atoms with Crippen LogP contribution in [-0.4, -0.2) is 33.0 Å². The van der Waals surface area contributed by atoms with Crippen LogP contribution in [0.15, 0.2) is 18.2 Å². The molecule has 0 amide bonds. The highest BCUT2D eigenvalue weighted by Gasteiger charge is 2.11. The topological polar surface area (TPSA) is 30.5 Å². The van der Waals surface area contributed by atoms with Gasteiger partial charge >= 0.3 is 0 Å². The van der Waals surface area contributed by atoms with Crippen LogP contribution < -0.4 is 5.32 Å². The summed E-state index contributed by atoms with van der Waals surface area (Å²) in [5.41, 5.74) is 3.96. The maximum Gasteiger partial charge on any atom is 0.0701 e. The lowest BCUT2D eigenvalue weighted by molar-refractivity contribution is 0.0382. The summed E-state index contributed by atoms with van der Waals surface area (Å²) < 4.78 is 11.3. The van der Waals surface area contributed by atoms with Gasteiger partial charge in [0.1, 0.15) is 0 Å². The first-order valence-corrected chi connectivity index (χ1v) is 8.15. The molecular weight excluding hydrogens is 262 g/mol. The van der Waals surface area contributed by atoms with Crippen LogP contribution in [0, 0.1) is 13.8 Å². The van der Waals surface area contributed by atoms with Crippen molar-refractivity contribution in [3.05, 3.63) is 34.9 Å². The Morgan fingerprint density at radius 1 is 1.00 bits per heavy atom. The Kier molecular flexibility index (Phi) is 9.31. The van der Waals surface area contributed by atoms with E-state index in [1.54, 1.807) is 0 Å². The first-order valence-electron chi connectivity index (χ1n) is 8.15. The zero-order valence-electron chi connectivity index (χ0n) is 14.1. The standard InChI is InChI=1S/C18H31NO2/c1-5-7-10-20-11-12-21-14-18(19-6-2)17-9-8-15(3)16(4)13-17/h8-9,13,18-19H,5-7,10-12,14H2,1-4H3. The molecule has 3 nitrogen and oxygen atoms in total. The SMILES string of the molecule is CCCCOCCOCC(NCC)c1ccc(C)c(C)c1. The van der Waals surface area contributed by atoms with E-state index in [1.807, 2.05) is 0 Å². The zero-order chi connectivity index (χ0) is 15.5. The molecular formula is C18H31NO2. The third kappa shape index (κ3) is 7.07. The molecule has 1 aromatic carbocycles. The van der Waals surface area contributed by atoms with Crippen molar-refractivity contribution < 1.29 is 9.47 Å². The summed E-state index contributed by atoms with van der Waals surface area (Å²) in [4.78, 5) is 0. The Morgan fingerprint density at radius 2 is 1.76 bits per heavy atom. The van der Waals surface area contributed by atoms with E-state index in [4.69, 9.17) is 9.47 Å². The Balaban J connectivity index is 2.37. The minimum atomic E-state index is 0.255. The van der Waals surface area contributed by atoms with Crippen molar-refractivity contribution in [2.24, 2.45) is 0 Å². The molecule has 1 unspecified atom stereocenters. The number of hydrogen-bond donors (Lipinski definition) is 1. The first-order chi connectivity index (χ1) is 10.2. The van der Waals surface area contributed by atoms with Crippen LogP contribution in [0.1, 0.15) is 49.4 Å². The van der Waals surface area contributed by atoms with Crippen LogP contribution in [0.2, 0.25) is 0 Å². The van der Waals surface area contributed by atoms with Gasteiger partial charge in [-0.2, -0.15) is 0 Å². The quantitative estimate of drug-likeness (QED) is 0.630. The summed E-state index contributed by atoms with van der Waals surface area (Å²) in [7, 11) is 0. The van der Waals surface area contributed by atoms with Crippen molar-refractivity contribution >= 4 is 0 Å². The van der Waals surface area contributed by atoms with Gasteiger partial charge in [-0.3, -0.25) is 0 Å².